The van der Waals surface area contributed by atoms with Gasteiger partial charge in [0, 0.05) is 11.6 Å². The molecule has 25 heavy (non-hydrogen) atoms. The molecule has 0 spiro atoms. The molecule has 5 nitrogen and oxygen atoms in total. The van der Waals surface area contributed by atoms with E-state index in [9.17, 15) is 4.79 Å². The summed E-state index contributed by atoms with van der Waals surface area (Å²) in [5.74, 6) is 1.33. The van der Waals surface area contributed by atoms with Gasteiger partial charge in [0.2, 0.25) is 0 Å². The van der Waals surface area contributed by atoms with E-state index in [2.05, 4.69) is 10.6 Å². The molecule has 132 valence electrons. The number of rotatable bonds is 6. The molecule has 0 saturated heterocycles. The summed E-state index contributed by atoms with van der Waals surface area (Å²) >= 11 is 6.11. The Kier molecular flexibility index (Phi) is 5.04. The lowest BCUT2D eigenvalue weighted by molar-refractivity contribution is 0.235. The minimum Gasteiger partial charge on any atom is -0.493 e. The fourth-order valence-corrected chi connectivity index (χ4v) is 3.03. The molecule has 0 bridgehead atoms. The van der Waals surface area contributed by atoms with E-state index in [0.717, 1.165) is 24.0 Å². The first-order chi connectivity index (χ1) is 12.1. The zero-order valence-corrected chi connectivity index (χ0v) is 15.0. The maximum Gasteiger partial charge on any atom is 0.315 e. The van der Waals surface area contributed by atoms with Crippen molar-refractivity contribution in [1.29, 1.82) is 0 Å². The minimum absolute atomic E-state index is 0.216. The highest BCUT2D eigenvalue weighted by Gasteiger charge is 2.46. The van der Waals surface area contributed by atoms with Gasteiger partial charge in [-0.2, -0.15) is 0 Å². The van der Waals surface area contributed by atoms with Crippen molar-refractivity contribution in [2.75, 3.05) is 14.2 Å². The van der Waals surface area contributed by atoms with Gasteiger partial charge in [-0.1, -0.05) is 35.9 Å². The number of methoxy groups -OCH3 is 2. The fourth-order valence-electron chi connectivity index (χ4n) is 2.82. The minimum atomic E-state index is -0.343. The molecule has 6 heteroatoms. The maximum atomic E-state index is 12.3. The second-order valence-electron chi connectivity index (χ2n) is 6.05. The van der Waals surface area contributed by atoms with Crippen LogP contribution in [0.1, 0.15) is 24.0 Å². The molecule has 2 amide bonds. The largest absolute Gasteiger partial charge is 0.493 e. The van der Waals surface area contributed by atoms with E-state index >= 15 is 0 Å². The van der Waals surface area contributed by atoms with Crippen LogP contribution in [0.4, 0.5) is 4.79 Å². The van der Waals surface area contributed by atoms with Crippen molar-refractivity contribution in [2.24, 2.45) is 0 Å². The molecule has 3 rings (SSSR count). The molecular weight excluding hydrogens is 340 g/mol. The Morgan fingerprint density at radius 1 is 1.12 bits per heavy atom. The number of hydrogen-bond acceptors (Lipinski definition) is 3. The van der Waals surface area contributed by atoms with Gasteiger partial charge in [0.15, 0.2) is 11.5 Å². The Balaban J connectivity index is 1.66. The first-order valence-electron chi connectivity index (χ1n) is 8.10. The van der Waals surface area contributed by atoms with Gasteiger partial charge in [0.1, 0.15) is 0 Å². The number of benzene rings is 2. The molecule has 1 saturated carbocycles. The lowest BCUT2D eigenvalue weighted by Crippen LogP contribution is -2.42. The molecule has 1 aliphatic rings. The SMILES string of the molecule is COc1ccc(C2(NC(=O)NCc3ccccc3Cl)CC2)cc1OC. The highest BCUT2D eigenvalue weighted by Crippen LogP contribution is 2.47. The monoisotopic (exact) mass is 360 g/mol. The summed E-state index contributed by atoms with van der Waals surface area (Å²) in [4.78, 5) is 12.3. The van der Waals surface area contributed by atoms with Crippen LogP contribution >= 0.6 is 11.6 Å². The second-order valence-corrected chi connectivity index (χ2v) is 6.46. The Bertz CT molecular complexity index is 775. The first kappa shape index (κ1) is 17.4. The highest BCUT2D eigenvalue weighted by molar-refractivity contribution is 6.31. The van der Waals surface area contributed by atoms with E-state index in [-0.39, 0.29) is 11.6 Å². The predicted octanol–water partition coefficient (Wildman–Crippen LogP) is 3.85. The fraction of sp³-hybridized carbons (Fsp3) is 0.316. The van der Waals surface area contributed by atoms with E-state index in [4.69, 9.17) is 21.1 Å². The summed E-state index contributed by atoms with van der Waals surface area (Å²) in [6.07, 6.45) is 1.78. The number of ether oxygens (including phenoxy) is 2. The van der Waals surface area contributed by atoms with Gasteiger partial charge < -0.3 is 20.1 Å². The number of carbonyl (C=O) groups excluding carboxylic acids is 1. The summed E-state index contributed by atoms with van der Waals surface area (Å²) in [5, 5.41) is 6.58. The average Bonchev–Trinajstić information content (AvgIpc) is 3.41. The van der Waals surface area contributed by atoms with E-state index in [1.54, 1.807) is 14.2 Å². The van der Waals surface area contributed by atoms with Gasteiger partial charge in [-0.05, 0) is 42.2 Å². The predicted molar refractivity (Wildman–Crippen MR) is 97.3 cm³/mol. The van der Waals surface area contributed by atoms with Gasteiger partial charge in [0.05, 0.1) is 19.8 Å². The molecular formula is C19H21ClN2O3. The molecule has 0 heterocycles. The second kappa shape index (κ2) is 7.23. The van der Waals surface area contributed by atoms with Gasteiger partial charge in [0.25, 0.3) is 0 Å². The summed E-state index contributed by atoms with van der Waals surface area (Å²) in [7, 11) is 3.20. The number of hydrogen-bond donors (Lipinski definition) is 2. The average molecular weight is 361 g/mol. The summed E-state index contributed by atoms with van der Waals surface area (Å²) in [6, 6.07) is 13.0. The van der Waals surface area contributed by atoms with Crippen molar-refractivity contribution in [3.8, 4) is 11.5 Å². The van der Waals surface area contributed by atoms with Crippen LogP contribution in [0.25, 0.3) is 0 Å². The highest BCUT2D eigenvalue weighted by atomic mass is 35.5. The normalized spacial score (nSPS) is 14.5. The number of nitrogens with one attached hydrogen (secondary N) is 2. The first-order valence-corrected chi connectivity index (χ1v) is 8.48. The van der Waals surface area contributed by atoms with Crippen molar-refractivity contribution in [2.45, 2.75) is 24.9 Å². The molecule has 0 aliphatic heterocycles. The molecule has 2 aromatic carbocycles. The molecule has 0 aromatic heterocycles. The molecule has 0 radical (unpaired) electrons. The molecule has 0 unspecified atom stereocenters. The van der Waals surface area contributed by atoms with Crippen molar-refractivity contribution >= 4 is 17.6 Å². The Morgan fingerprint density at radius 2 is 1.84 bits per heavy atom. The number of carbonyl (C=O) groups is 1. The molecule has 1 fully saturated rings. The van der Waals surface area contributed by atoms with Crippen molar-refractivity contribution in [3.05, 3.63) is 58.6 Å². The Morgan fingerprint density at radius 3 is 2.48 bits per heavy atom. The van der Waals surface area contributed by atoms with Gasteiger partial charge in [-0.15, -0.1) is 0 Å². The Hall–Kier alpha value is -2.40. The third-order valence-electron chi connectivity index (χ3n) is 4.44. The molecule has 1 aliphatic carbocycles. The van der Waals surface area contributed by atoms with Crippen LogP contribution in [0.2, 0.25) is 5.02 Å². The Labute approximate surface area is 152 Å². The van der Waals surface area contributed by atoms with Crippen molar-refractivity contribution < 1.29 is 14.3 Å². The lowest BCUT2D eigenvalue weighted by Gasteiger charge is -2.20. The quantitative estimate of drug-likeness (QED) is 0.822. The molecule has 2 N–H and O–H groups in total. The lowest BCUT2D eigenvalue weighted by atomic mass is 10.0. The third-order valence-corrected chi connectivity index (χ3v) is 4.80. The van der Waals surface area contributed by atoms with E-state index < -0.39 is 0 Å². The van der Waals surface area contributed by atoms with Crippen LogP contribution in [-0.4, -0.2) is 20.3 Å². The topological polar surface area (TPSA) is 59.6 Å². The summed E-state index contributed by atoms with van der Waals surface area (Å²) in [5.41, 5.74) is 1.55. The smallest absolute Gasteiger partial charge is 0.315 e. The van der Waals surface area contributed by atoms with Crippen LogP contribution in [0.15, 0.2) is 42.5 Å². The van der Waals surface area contributed by atoms with Crippen LogP contribution in [0.5, 0.6) is 11.5 Å². The molecule has 0 atom stereocenters. The van der Waals surface area contributed by atoms with Crippen molar-refractivity contribution in [3.63, 3.8) is 0 Å². The zero-order chi connectivity index (χ0) is 17.9. The van der Waals surface area contributed by atoms with E-state index in [1.807, 2.05) is 42.5 Å². The summed E-state index contributed by atoms with van der Waals surface area (Å²) in [6.45, 7) is 0.382. The van der Waals surface area contributed by atoms with E-state index in [0.29, 0.717) is 23.1 Å². The molecule has 2 aromatic rings. The number of amides is 2. The standard InChI is InChI=1S/C19H21ClN2O3/c1-24-16-8-7-14(11-17(16)25-2)19(9-10-19)22-18(23)21-12-13-5-3-4-6-15(13)20/h3-8,11H,9-10,12H2,1-2H3,(H2,21,22,23). The maximum absolute atomic E-state index is 12.3. The third kappa shape index (κ3) is 3.82. The van der Waals surface area contributed by atoms with Crippen LogP contribution in [0, 0.1) is 0 Å². The van der Waals surface area contributed by atoms with Gasteiger partial charge >= 0.3 is 6.03 Å². The van der Waals surface area contributed by atoms with Crippen LogP contribution < -0.4 is 20.1 Å². The van der Waals surface area contributed by atoms with Gasteiger partial charge in [-0.25, -0.2) is 4.79 Å². The van der Waals surface area contributed by atoms with E-state index in [1.165, 1.54) is 0 Å². The van der Waals surface area contributed by atoms with Crippen LogP contribution in [0.3, 0.4) is 0 Å². The van der Waals surface area contributed by atoms with Gasteiger partial charge in [-0.3, -0.25) is 0 Å². The summed E-state index contributed by atoms with van der Waals surface area (Å²) < 4.78 is 10.6. The zero-order valence-electron chi connectivity index (χ0n) is 14.3. The van der Waals surface area contributed by atoms with Crippen LogP contribution in [-0.2, 0) is 12.1 Å². The number of urea groups is 1. The van der Waals surface area contributed by atoms with Crippen molar-refractivity contribution in [1.82, 2.24) is 10.6 Å². The number of halogens is 1.